The Kier molecular flexibility index (Phi) is 2.55. The van der Waals surface area contributed by atoms with Crippen LogP contribution in [0.2, 0.25) is 0 Å². The van der Waals surface area contributed by atoms with Crippen LogP contribution < -0.4 is 0 Å². The minimum Gasteiger partial charge on any atom is -0.450 e. The van der Waals surface area contributed by atoms with Crippen molar-refractivity contribution in [3.8, 4) is 0 Å². The van der Waals surface area contributed by atoms with Gasteiger partial charge < -0.3 is 4.42 Å². The molecule has 0 spiro atoms. The second kappa shape index (κ2) is 3.70. The van der Waals surface area contributed by atoms with E-state index in [2.05, 4.69) is 32.2 Å². The van der Waals surface area contributed by atoms with Crippen LogP contribution in [-0.2, 0) is 0 Å². The van der Waals surface area contributed by atoms with Crippen LogP contribution in [0.3, 0.4) is 0 Å². The highest BCUT2D eigenvalue weighted by Gasteiger charge is 2.15. The van der Waals surface area contributed by atoms with Gasteiger partial charge in [-0.25, -0.2) is 0 Å². The Bertz CT molecular complexity index is 443. The van der Waals surface area contributed by atoms with Crippen molar-refractivity contribution in [3.05, 3.63) is 29.8 Å². The summed E-state index contributed by atoms with van der Waals surface area (Å²) in [7, 11) is 0. The average Bonchev–Trinajstić information content (AvgIpc) is 2.55. The predicted molar refractivity (Wildman–Crippen MR) is 62.1 cm³/mol. The van der Waals surface area contributed by atoms with Gasteiger partial charge >= 0.3 is 0 Å². The zero-order valence-electron chi connectivity index (χ0n) is 8.70. The smallest absolute Gasteiger partial charge is 0.164 e. The van der Waals surface area contributed by atoms with Gasteiger partial charge in [0, 0.05) is 10.9 Å². The zero-order chi connectivity index (χ0) is 10.1. The Morgan fingerprint density at radius 3 is 2.57 bits per heavy atom. The van der Waals surface area contributed by atoms with Gasteiger partial charge in [0.25, 0.3) is 0 Å². The van der Waals surface area contributed by atoms with Gasteiger partial charge in [-0.05, 0) is 18.2 Å². The van der Waals surface area contributed by atoms with Crippen LogP contribution in [0, 0.1) is 0 Å². The van der Waals surface area contributed by atoms with Crippen LogP contribution in [0.4, 0.5) is 0 Å². The molecule has 0 amide bonds. The van der Waals surface area contributed by atoms with Crippen molar-refractivity contribution < 1.29 is 4.42 Å². The third kappa shape index (κ3) is 1.44. The molecule has 0 aliphatic heterocycles. The summed E-state index contributed by atoms with van der Waals surface area (Å²) >= 11 is 1.68. The van der Waals surface area contributed by atoms with Gasteiger partial charge in [0.05, 0.1) is 0 Å². The van der Waals surface area contributed by atoms with Gasteiger partial charge in [0.2, 0.25) is 0 Å². The summed E-state index contributed by atoms with van der Waals surface area (Å²) in [5.74, 6) is 0.515. The van der Waals surface area contributed by atoms with Gasteiger partial charge in [-0.2, -0.15) is 0 Å². The van der Waals surface area contributed by atoms with Crippen LogP contribution in [0.25, 0.3) is 11.0 Å². The molecule has 0 fully saturated rings. The van der Waals surface area contributed by atoms with E-state index in [9.17, 15) is 0 Å². The third-order valence-corrected chi connectivity index (χ3v) is 3.04. The van der Waals surface area contributed by atoms with E-state index in [-0.39, 0.29) is 0 Å². The summed E-state index contributed by atoms with van der Waals surface area (Å²) in [6.45, 7) is 4.41. The Morgan fingerprint density at radius 2 is 1.93 bits per heavy atom. The quantitative estimate of drug-likeness (QED) is 0.680. The first-order chi connectivity index (χ1) is 6.74. The molecule has 0 N–H and O–H groups in total. The first-order valence-corrected chi connectivity index (χ1v) is 6.02. The van der Waals surface area contributed by atoms with Crippen LogP contribution >= 0.6 is 11.8 Å². The maximum atomic E-state index is 5.77. The molecule has 0 aliphatic carbocycles. The lowest BCUT2D eigenvalue weighted by Gasteiger charge is -2.03. The molecular weight excluding hydrogens is 192 g/mol. The van der Waals surface area contributed by atoms with Gasteiger partial charge in [0.15, 0.2) is 5.09 Å². The van der Waals surface area contributed by atoms with Crippen molar-refractivity contribution in [2.75, 3.05) is 6.26 Å². The fraction of sp³-hybridized carbons (Fsp3) is 0.333. The summed E-state index contributed by atoms with van der Waals surface area (Å²) in [6.07, 6.45) is 2.06. The number of para-hydroxylation sites is 1. The lowest BCUT2D eigenvalue weighted by atomic mass is 10.0. The van der Waals surface area contributed by atoms with Crippen molar-refractivity contribution in [1.82, 2.24) is 0 Å². The van der Waals surface area contributed by atoms with Crippen LogP contribution in [0.5, 0.6) is 0 Å². The molecule has 74 valence electrons. The Labute approximate surface area is 88.5 Å². The van der Waals surface area contributed by atoms with Crippen molar-refractivity contribution in [1.29, 1.82) is 0 Å². The molecule has 1 nitrogen and oxygen atoms in total. The molecule has 0 bridgehead atoms. The fourth-order valence-electron chi connectivity index (χ4n) is 1.74. The Hall–Kier alpha value is -0.890. The van der Waals surface area contributed by atoms with E-state index in [1.54, 1.807) is 11.8 Å². The minimum absolute atomic E-state index is 0.515. The summed E-state index contributed by atoms with van der Waals surface area (Å²) in [5, 5.41) is 2.31. The number of fused-ring (bicyclic) bond motifs is 1. The fourth-order valence-corrected chi connectivity index (χ4v) is 2.48. The molecule has 2 rings (SSSR count). The second-order valence-corrected chi connectivity index (χ2v) is 4.44. The molecule has 0 radical (unpaired) electrons. The van der Waals surface area contributed by atoms with E-state index >= 15 is 0 Å². The number of hydrogen-bond acceptors (Lipinski definition) is 2. The maximum Gasteiger partial charge on any atom is 0.164 e. The van der Waals surface area contributed by atoms with Crippen molar-refractivity contribution in [2.24, 2.45) is 0 Å². The van der Waals surface area contributed by atoms with E-state index in [4.69, 9.17) is 4.42 Å². The maximum absolute atomic E-state index is 5.77. The highest BCUT2D eigenvalue weighted by Crippen LogP contribution is 2.36. The lowest BCUT2D eigenvalue weighted by molar-refractivity contribution is 0.502. The van der Waals surface area contributed by atoms with Crippen LogP contribution in [-0.4, -0.2) is 6.26 Å². The molecule has 0 atom stereocenters. The lowest BCUT2D eigenvalue weighted by Crippen LogP contribution is -1.86. The Morgan fingerprint density at radius 1 is 1.21 bits per heavy atom. The number of hydrogen-bond donors (Lipinski definition) is 0. The summed E-state index contributed by atoms with van der Waals surface area (Å²) in [5.41, 5.74) is 2.34. The standard InChI is InChI=1S/C12H14OS/c1-8(2)11-9-6-4-5-7-10(9)13-12(11)14-3/h4-8H,1-3H3. The molecule has 14 heavy (non-hydrogen) atoms. The minimum atomic E-state index is 0.515. The van der Waals surface area contributed by atoms with Crippen molar-refractivity contribution in [2.45, 2.75) is 24.9 Å². The van der Waals surface area contributed by atoms with E-state index in [0.717, 1.165) is 10.7 Å². The molecule has 2 heteroatoms. The van der Waals surface area contributed by atoms with Gasteiger partial charge in [-0.15, -0.1) is 0 Å². The molecule has 0 saturated heterocycles. The highest BCUT2D eigenvalue weighted by molar-refractivity contribution is 7.98. The first-order valence-electron chi connectivity index (χ1n) is 4.79. The van der Waals surface area contributed by atoms with Gasteiger partial charge in [0.1, 0.15) is 5.58 Å². The molecule has 1 aromatic heterocycles. The number of furan rings is 1. The summed E-state index contributed by atoms with van der Waals surface area (Å²) in [4.78, 5) is 0. The number of thioether (sulfide) groups is 1. The molecule has 1 heterocycles. The Balaban J connectivity index is 2.74. The number of benzene rings is 1. The van der Waals surface area contributed by atoms with E-state index in [1.165, 1.54) is 10.9 Å². The second-order valence-electron chi connectivity index (χ2n) is 3.66. The number of rotatable bonds is 2. The molecule has 0 unspecified atom stereocenters. The normalized spacial score (nSPS) is 11.4. The largest absolute Gasteiger partial charge is 0.450 e. The molecular formula is C12H14OS. The highest BCUT2D eigenvalue weighted by atomic mass is 32.2. The summed E-state index contributed by atoms with van der Waals surface area (Å²) in [6, 6.07) is 8.24. The van der Waals surface area contributed by atoms with Crippen LogP contribution in [0.15, 0.2) is 33.8 Å². The van der Waals surface area contributed by atoms with Crippen LogP contribution in [0.1, 0.15) is 25.3 Å². The molecule has 0 aliphatic rings. The average molecular weight is 206 g/mol. The topological polar surface area (TPSA) is 13.1 Å². The van der Waals surface area contributed by atoms with Gasteiger partial charge in [-0.3, -0.25) is 0 Å². The monoisotopic (exact) mass is 206 g/mol. The van der Waals surface area contributed by atoms with E-state index < -0.39 is 0 Å². The van der Waals surface area contributed by atoms with Gasteiger partial charge in [-0.1, -0.05) is 43.8 Å². The van der Waals surface area contributed by atoms with E-state index in [1.807, 2.05) is 12.1 Å². The van der Waals surface area contributed by atoms with Crippen molar-refractivity contribution in [3.63, 3.8) is 0 Å². The molecule has 1 aromatic carbocycles. The van der Waals surface area contributed by atoms with Crippen molar-refractivity contribution >= 4 is 22.7 Å². The SMILES string of the molecule is CSc1oc2ccccc2c1C(C)C. The molecule has 0 saturated carbocycles. The summed E-state index contributed by atoms with van der Waals surface area (Å²) < 4.78 is 5.77. The predicted octanol–water partition coefficient (Wildman–Crippen LogP) is 4.28. The zero-order valence-corrected chi connectivity index (χ0v) is 9.52. The molecule has 2 aromatic rings. The third-order valence-electron chi connectivity index (χ3n) is 2.36. The van der Waals surface area contributed by atoms with E-state index in [0.29, 0.717) is 5.92 Å². The first kappa shape index (κ1) is 9.66.